The Balaban J connectivity index is 2.88. The molecule has 1 radical (unpaired) electrons. The number of fused-ring (bicyclic) bond motifs is 1. The molecule has 0 unspecified atom stereocenters. The Morgan fingerprint density at radius 1 is 1.18 bits per heavy atom. The molecule has 0 atom stereocenters. The number of hydrogen-bond acceptors (Lipinski definition) is 1. The van der Waals surface area contributed by atoms with Crippen molar-refractivity contribution in [3.05, 3.63) is 42.2 Å². The minimum absolute atomic E-state index is 0.609. The Hall–Kier alpha value is -1.57. The van der Waals surface area contributed by atoms with Gasteiger partial charge < -0.3 is 4.40 Å². The average Bonchev–Trinajstić information content (AvgIpc) is 2.50. The van der Waals surface area contributed by atoms with Crippen molar-refractivity contribution in [1.82, 2.24) is 4.40 Å². The summed E-state index contributed by atoms with van der Waals surface area (Å²) in [6, 6.07) is 7.37. The van der Waals surface area contributed by atoms with E-state index in [-0.39, 0.29) is 0 Å². The lowest BCUT2D eigenvalue weighted by Gasteiger charge is -1.94. The van der Waals surface area contributed by atoms with Crippen LogP contribution in [0.1, 0.15) is 5.56 Å². The van der Waals surface area contributed by atoms with Gasteiger partial charge in [-0.2, -0.15) is 0 Å². The number of pyridine rings is 1. The van der Waals surface area contributed by atoms with E-state index in [9.17, 15) is 4.79 Å². The minimum Gasteiger partial charge on any atom is -0.323 e. The first-order valence-corrected chi connectivity index (χ1v) is 3.35. The van der Waals surface area contributed by atoms with E-state index >= 15 is 0 Å². The Kier molecular flexibility index (Phi) is 1.25. The third kappa shape index (κ3) is 0.835. The van der Waals surface area contributed by atoms with Crippen LogP contribution in [0.3, 0.4) is 0 Å². The fraction of sp³-hybridized carbons (Fsp3) is 0. The number of aromatic nitrogens is 1. The van der Waals surface area contributed by atoms with Gasteiger partial charge in [-0.15, -0.1) is 0 Å². The topological polar surface area (TPSA) is 21.5 Å². The summed E-state index contributed by atoms with van der Waals surface area (Å²) in [4.78, 5) is 10.4. The van der Waals surface area contributed by atoms with E-state index < -0.39 is 0 Å². The van der Waals surface area contributed by atoms with Crippen LogP contribution in [0.25, 0.3) is 5.52 Å². The summed E-state index contributed by atoms with van der Waals surface area (Å²) in [5, 5.41) is 0. The molecule has 2 aromatic rings. The average molecular weight is 144 g/mol. The van der Waals surface area contributed by atoms with Gasteiger partial charge in [-0.1, -0.05) is 0 Å². The van der Waals surface area contributed by atoms with Crippen molar-refractivity contribution in [2.24, 2.45) is 0 Å². The number of hydrogen-bond donors (Lipinski definition) is 0. The van der Waals surface area contributed by atoms with E-state index in [2.05, 4.69) is 0 Å². The van der Waals surface area contributed by atoms with Crippen LogP contribution >= 0.6 is 0 Å². The highest BCUT2D eigenvalue weighted by molar-refractivity contribution is 5.86. The molecule has 0 saturated heterocycles. The number of rotatable bonds is 1. The molecule has 2 heterocycles. The third-order valence-electron chi connectivity index (χ3n) is 1.67. The molecule has 2 heteroatoms. The molecule has 0 aliphatic rings. The molecule has 2 nitrogen and oxygen atoms in total. The zero-order chi connectivity index (χ0) is 7.68. The summed E-state index contributed by atoms with van der Waals surface area (Å²) in [6.07, 6.45) is 5.68. The molecule has 0 bridgehead atoms. The normalized spacial score (nSPS) is 10.2. The second-order valence-corrected chi connectivity index (χ2v) is 2.32. The van der Waals surface area contributed by atoms with Crippen LogP contribution in [0.5, 0.6) is 0 Å². The third-order valence-corrected chi connectivity index (χ3v) is 1.67. The summed E-state index contributed by atoms with van der Waals surface area (Å²) >= 11 is 0. The zero-order valence-electron chi connectivity index (χ0n) is 5.82. The van der Waals surface area contributed by atoms with Crippen molar-refractivity contribution >= 4 is 11.8 Å². The molecular weight excluding hydrogens is 138 g/mol. The Morgan fingerprint density at radius 3 is 2.64 bits per heavy atom. The van der Waals surface area contributed by atoms with Crippen molar-refractivity contribution in [3.63, 3.8) is 0 Å². The lowest BCUT2D eigenvalue weighted by molar-refractivity contribution is 0.563. The monoisotopic (exact) mass is 144 g/mol. The van der Waals surface area contributed by atoms with Crippen molar-refractivity contribution in [3.8, 4) is 0 Å². The van der Waals surface area contributed by atoms with Crippen LogP contribution < -0.4 is 0 Å². The van der Waals surface area contributed by atoms with Crippen LogP contribution in [0, 0.1) is 0 Å². The number of nitrogens with zero attached hydrogens (tertiary/aromatic N) is 1. The standard InChI is InChI=1S/C9H6NO/c11-7-8-3-1-5-10-6-2-4-9(8)10/h1-6H. The second kappa shape index (κ2) is 2.23. The van der Waals surface area contributed by atoms with E-state index in [0.29, 0.717) is 5.56 Å². The van der Waals surface area contributed by atoms with E-state index in [0.717, 1.165) is 5.52 Å². The lowest BCUT2D eigenvalue weighted by atomic mass is 10.2. The summed E-state index contributed by atoms with van der Waals surface area (Å²) in [6.45, 7) is 0. The Morgan fingerprint density at radius 2 is 1.91 bits per heavy atom. The highest BCUT2D eigenvalue weighted by Crippen LogP contribution is 2.08. The molecule has 0 N–H and O–H groups in total. The first kappa shape index (κ1) is 6.16. The van der Waals surface area contributed by atoms with Crippen molar-refractivity contribution in [2.45, 2.75) is 0 Å². The van der Waals surface area contributed by atoms with E-state index in [4.69, 9.17) is 0 Å². The van der Waals surface area contributed by atoms with Gasteiger partial charge in [-0.25, -0.2) is 0 Å². The van der Waals surface area contributed by atoms with Crippen molar-refractivity contribution < 1.29 is 4.79 Å². The van der Waals surface area contributed by atoms with Crippen LogP contribution in [0.4, 0.5) is 0 Å². The predicted octanol–water partition coefficient (Wildman–Crippen LogP) is 1.40. The van der Waals surface area contributed by atoms with E-state index in [1.165, 1.54) is 0 Å². The maximum atomic E-state index is 10.4. The molecule has 53 valence electrons. The Bertz CT molecular complexity index is 389. The largest absolute Gasteiger partial charge is 0.323 e. The van der Waals surface area contributed by atoms with Gasteiger partial charge in [0.1, 0.15) is 0 Å². The fourth-order valence-electron chi connectivity index (χ4n) is 1.16. The van der Waals surface area contributed by atoms with Crippen LogP contribution in [-0.4, -0.2) is 10.7 Å². The summed E-state index contributed by atoms with van der Waals surface area (Å²) < 4.78 is 1.89. The maximum absolute atomic E-state index is 10.4. The van der Waals surface area contributed by atoms with Crippen molar-refractivity contribution in [2.75, 3.05) is 0 Å². The SMILES string of the molecule is O=[C]c1cccn2cccc12. The minimum atomic E-state index is 0.609. The molecule has 0 amide bonds. The zero-order valence-corrected chi connectivity index (χ0v) is 5.82. The molecular formula is C9H6NO. The van der Waals surface area contributed by atoms with Gasteiger partial charge in [0.15, 0.2) is 0 Å². The molecule has 0 saturated carbocycles. The predicted molar refractivity (Wildman–Crippen MR) is 42.2 cm³/mol. The van der Waals surface area contributed by atoms with Crippen LogP contribution in [0.2, 0.25) is 0 Å². The van der Waals surface area contributed by atoms with Gasteiger partial charge in [0.2, 0.25) is 6.29 Å². The van der Waals surface area contributed by atoms with E-state index in [1.54, 1.807) is 6.07 Å². The van der Waals surface area contributed by atoms with Crippen LogP contribution in [0.15, 0.2) is 36.7 Å². The smallest absolute Gasteiger partial charge is 0.235 e. The molecule has 0 fully saturated rings. The van der Waals surface area contributed by atoms with Gasteiger partial charge in [-0.3, -0.25) is 4.79 Å². The van der Waals surface area contributed by atoms with Gasteiger partial charge in [0, 0.05) is 12.4 Å². The second-order valence-electron chi connectivity index (χ2n) is 2.32. The lowest BCUT2D eigenvalue weighted by Crippen LogP contribution is -1.86. The quantitative estimate of drug-likeness (QED) is 0.592. The molecule has 2 rings (SSSR count). The molecule has 11 heavy (non-hydrogen) atoms. The molecule has 0 aromatic carbocycles. The highest BCUT2D eigenvalue weighted by atomic mass is 16.1. The highest BCUT2D eigenvalue weighted by Gasteiger charge is 1.97. The summed E-state index contributed by atoms with van der Waals surface area (Å²) in [5.41, 5.74) is 1.51. The van der Waals surface area contributed by atoms with E-state index in [1.807, 2.05) is 41.3 Å². The maximum Gasteiger partial charge on any atom is 0.235 e. The van der Waals surface area contributed by atoms with Gasteiger partial charge in [-0.05, 0) is 24.3 Å². The van der Waals surface area contributed by atoms with Crippen molar-refractivity contribution in [1.29, 1.82) is 0 Å². The van der Waals surface area contributed by atoms with Gasteiger partial charge >= 0.3 is 0 Å². The first-order valence-electron chi connectivity index (χ1n) is 3.35. The summed E-state index contributed by atoms with van der Waals surface area (Å²) in [5.74, 6) is 0. The Labute approximate surface area is 64.1 Å². The first-order chi connectivity index (χ1) is 5.42. The number of carbonyl (C=O) groups excluding carboxylic acids is 1. The molecule has 0 aliphatic heterocycles. The van der Waals surface area contributed by atoms with Gasteiger partial charge in [0.05, 0.1) is 11.1 Å². The molecule has 2 aromatic heterocycles. The summed E-state index contributed by atoms with van der Waals surface area (Å²) in [7, 11) is 0. The fourth-order valence-corrected chi connectivity index (χ4v) is 1.16. The molecule has 0 aliphatic carbocycles. The van der Waals surface area contributed by atoms with Crippen LogP contribution in [-0.2, 0) is 4.79 Å². The van der Waals surface area contributed by atoms with Gasteiger partial charge in [0.25, 0.3) is 0 Å². The molecule has 0 spiro atoms.